The van der Waals surface area contributed by atoms with Gasteiger partial charge in [0.1, 0.15) is 5.92 Å². The Hall–Kier alpha value is -1.19. The molecule has 60 valence electrons. The average Bonchev–Trinajstić information content (AvgIpc) is 1.94. The summed E-state index contributed by atoms with van der Waals surface area (Å²) < 4.78 is 0. The Morgan fingerprint density at radius 2 is 2.18 bits per heavy atom. The quantitative estimate of drug-likeness (QED) is 0.610. The molecule has 0 saturated heterocycles. The van der Waals surface area contributed by atoms with Crippen LogP contribution in [0, 0.1) is 5.92 Å². The van der Waals surface area contributed by atoms with Gasteiger partial charge in [-0.3, -0.25) is 4.79 Å². The minimum absolute atomic E-state index is 0.465. The van der Waals surface area contributed by atoms with Crippen LogP contribution >= 0.6 is 0 Å². The average molecular weight is 154 g/mol. The molecule has 1 unspecified atom stereocenters. The number of carboxylic acids is 1. The summed E-state index contributed by atoms with van der Waals surface area (Å²) in [5.74, 6) is -1.28. The molecule has 1 aliphatic rings. The Bertz CT molecular complexity index is 243. The molecule has 1 N–H and O–H groups in total. The third-order valence-corrected chi connectivity index (χ3v) is 1.68. The van der Waals surface area contributed by atoms with Gasteiger partial charge in [0.25, 0.3) is 0 Å². The molecule has 1 aliphatic heterocycles. The van der Waals surface area contributed by atoms with E-state index in [0.29, 0.717) is 12.1 Å². The smallest absolute Gasteiger partial charge is 0.312 e. The lowest BCUT2D eigenvalue weighted by Gasteiger charge is -2.13. The van der Waals surface area contributed by atoms with Gasteiger partial charge in [-0.25, -0.2) is 0 Å². The first kappa shape index (κ1) is 7.91. The fraction of sp³-hybridized carbons (Fsp3) is 0.571. The van der Waals surface area contributed by atoms with E-state index in [-0.39, 0.29) is 0 Å². The molecule has 0 amide bonds. The third kappa shape index (κ3) is 1.63. The highest BCUT2D eigenvalue weighted by Crippen LogP contribution is 2.12. The molecule has 0 aromatic heterocycles. The van der Waals surface area contributed by atoms with E-state index >= 15 is 0 Å². The Kier molecular flexibility index (Phi) is 2.03. The van der Waals surface area contributed by atoms with Gasteiger partial charge in [0.15, 0.2) is 0 Å². The molecule has 4 heteroatoms. The molecule has 0 saturated carbocycles. The summed E-state index contributed by atoms with van der Waals surface area (Å²) in [6.07, 6.45) is 0.491. The summed E-state index contributed by atoms with van der Waals surface area (Å²) in [5.41, 5.74) is 1.37. The van der Waals surface area contributed by atoms with Crippen LogP contribution in [0.2, 0.25) is 0 Å². The lowest BCUT2D eigenvalue weighted by molar-refractivity contribution is -0.139. The van der Waals surface area contributed by atoms with Crippen LogP contribution in [0.3, 0.4) is 0 Å². The fourth-order valence-electron chi connectivity index (χ4n) is 0.984. The van der Waals surface area contributed by atoms with Gasteiger partial charge in [-0.2, -0.15) is 10.2 Å². The lowest BCUT2D eigenvalue weighted by Crippen LogP contribution is -2.26. The molecule has 0 bridgehead atoms. The van der Waals surface area contributed by atoms with Crippen molar-refractivity contribution in [2.45, 2.75) is 20.3 Å². The van der Waals surface area contributed by atoms with Crippen LogP contribution < -0.4 is 0 Å². The summed E-state index contributed by atoms with van der Waals surface area (Å²) in [6, 6.07) is 0. The standard InChI is InChI=1S/C7H10N2O2/c1-4-3-6(7(10)11)5(2)9-8-4/h6H,3H2,1-2H3,(H,10,11). The molecular weight excluding hydrogens is 144 g/mol. The van der Waals surface area contributed by atoms with Crippen molar-refractivity contribution in [3.05, 3.63) is 0 Å². The number of rotatable bonds is 1. The van der Waals surface area contributed by atoms with Gasteiger partial charge < -0.3 is 5.11 Å². The molecule has 1 rings (SSSR count). The largest absolute Gasteiger partial charge is 0.481 e. The van der Waals surface area contributed by atoms with Crippen LogP contribution in [0.4, 0.5) is 0 Å². The molecule has 0 aromatic carbocycles. The van der Waals surface area contributed by atoms with Crippen molar-refractivity contribution in [3.63, 3.8) is 0 Å². The maximum absolute atomic E-state index is 10.6. The molecule has 1 heterocycles. The van der Waals surface area contributed by atoms with Crippen molar-refractivity contribution in [1.29, 1.82) is 0 Å². The van der Waals surface area contributed by atoms with E-state index in [4.69, 9.17) is 5.11 Å². The molecule has 0 aliphatic carbocycles. The molecule has 11 heavy (non-hydrogen) atoms. The van der Waals surface area contributed by atoms with E-state index in [1.54, 1.807) is 13.8 Å². The molecule has 0 spiro atoms. The number of carboxylic acid groups (broad SMARTS) is 1. The molecule has 4 nitrogen and oxygen atoms in total. The monoisotopic (exact) mass is 154 g/mol. The molecule has 0 aromatic rings. The third-order valence-electron chi connectivity index (χ3n) is 1.68. The summed E-state index contributed by atoms with van der Waals surface area (Å²) in [4.78, 5) is 10.6. The van der Waals surface area contributed by atoms with Gasteiger partial charge in [0.2, 0.25) is 0 Å². The first-order chi connectivity index (χ1) is 5.11. The van der Waals surface area contributed by atoms with Gasteiger partial charge in [-0.05, 0) is 13.8 Å². The van der Waals surface area contributed by atoms with E-state index < -0.39 is 11.9 Å². The summed E-state index contributed by atoms with van der Waals surface area (Å²) in [5, 5.41) is 16.2. The number of hydrogen-bond donors (Lipinski definition) is 1. The van der Waals surface area contributed by atoms with Crippen LogP contribution in [0.15, 0.2) is 10.2 Å². The second kappa shape index (κ2) is 2.82. The van der Waals surface area contributed by atoms with Crippen molar-refractivity contribution in [3.8, 4) is 0 Å². The zero-order valence-corrected chi connectivity index (χ0v) is 6.53. The van der Waals surface area contributed by atoms with Crippen molar-refractivity contribution in [2.24, 2.45) is 16.1 Å². The van der Waals surface area contributed by atoms with Crippen molar-refractivity contribution >= 4 is 17.4 Å². The Balaban J connectivity index is 2.81. The molecule has 0 radical (unpaired) electrons. The van der Waals surface area contributed by atoms with E-state index in [0.717, 1.165) is 5.71 Å². The van der Waals surface area contributed by atoms with Crippen molar-refractivity contribution < 1.29 is 9.90 Å². The number of carbonyl (C=O) groups is 1. The predicted molar refractivity (Wildman–Crippen MR) is 42.0 cm³/mol. The van der Waals surface area contributed by atoms with Crippen molar-refractivity contribution in [1.82, 2.24) is 0 Å². The Morgan fingerprint density at radius 1 is 1.55 bits per heavy atom. The highest BCUT2D eigenvalue weighted by atomic mass is 16.4. The Morgan fingerprint density at radius 3 is 2.64 bits per heavy atom. The number of nitrogens with zero attached hydrogens (tertiary/aromatic N) is 2. The molecular formula is C7H10N2O2. The summed E-state index contributed by atoms with van der Waals surface area (Å²) in [7, 11) is 0. The highest BCUT2D eigenvalue weighted by molar-refractivity contribution is 6.05. The number of aliphatic carboxylic acids is 1. The fourth-order valence-corrected chi connectivity index (χ4v) is 0.984. The predicted octanol–water partition coefficient (Wildman–Crippen LogP) is 0.928. The van der Waals surface area contributed by atoms with Gasteiger partial charge in [0.05, 0.1) is 5.71 Å². The first-order valence-corrected chi connectivity index (χ1v) is 3.41. The minimum atomic E-state index is -0.819. The zero-order valence-electron chi connectivity index (χ0n) is 6.53. The number of hydrogen-bond acceptors (Lipinski definition) is 3. The van der Waals surface area contributed by atoms with E-state index in [1.807, 2.05) is 0 Å². The maximum atomic E-state index is 10.6. The lowest BCUT2D eigenvalue weighted by atomic mass is 9.97. The van der Waals surface area contributed by atoms with Crippen LogP contribution in [-0.4, -0.2) is 22.5 Å². The second-order valence-electron chi connectivity index (χ2n) is 2.67. The van der Waals surface area contributed by atoms with Gasteiger partial charge in [-0.15, -0.1) is 0 Å². The first-order valence-electron chi connectivity index (χ1n) is 3.41. The van der Waals surface area contributed by atoms with Crippen LogP contribution in [0.1, 0.15) is 20.3 Å². The van der Waals surface area contributed by atoms with E-state index in [9.17, 15) is 4.79 Å². The topological polar surface area (TPSA) is 62.0 Å². The van der Waals surface area contributed by atoms with E-state index in [1.165, 1.54) is 0 Å². The molecule has 0 fully saturated rings. The molecule has 1 atom stereocenters. The van der Waals surface area contributed by atoms with Gasteiger partial charge >= 0.3 is 5.97 Å². The van der Waals surface area contributed by atoms with Gasteiger partial charge in [-0.1, -0.05) is 0 Å². The Labute approximate surface area is 64.6 Å². The van der Waals surface area contributed by atoms with Crippen molar-refractivity contribution in [2.75, 3.05) is 0 Å². The van der Waals surface area contributed by atoms with Crippen LogP contribution in [-0.2, 0) is 4.79 Å². The van der Waals surface area contributed by atoms with Crippen LogP contribution in [0.25, 0.3) is 0 Å². The van der Waals surface area contributed by atoms with E-state index in [2.05, 4.69) is 10.2 Å². The summed E-state index contributed by atoms with van der Waals surface area (Å²) >= 11 is 0. The highest BCUT2D eigenvalue weighted by Gasteiger charge is 2.24. The summed E-state index contributed by atoms with van der Waals surface area (Å²) in [6.45, 7) is 3.47. The second-order valence-corrected chi connectivity index (χ2v) is 2.67. The maximum Gasteiger partial charge on any atom is 0.312 e. The normalized spacial score (nSPS) is 24.0. The zero-order chi connectivity index (χ0) is 8.43. The van der Waals surface area contributed by atoms with Gasteiger partial charge in [0, 0.05) is 12.1 Å². The minimum Gasteiger partial charge on any atom is -0.481 e. The SMILES string of the molecule is CC1=NN=C(C)C(C(=O)O)C1. The van der Waals surface area contributed by atoms with Crippen LogP contribution in [0.5, 0.6) is 0 Å².